The van der Waals surface area contributed by atoms with Gasteiger partial charge in [0.25, 0.3) is 5.69 Å². The van der Waals surface area contributed by atoms with Crippen LogP contribution < -0.4 is 0 Å². The molecule has 3 atom stereocenters. The molecule has 26 heavy (non-hydrogen) atoms. The molecule has 0 bridgehead atoms. The molecule has 0 spiro atoms. The Kier molecular flexibility index (Phi) is 5.36. The Balaban J connectivity index is 2.70. The third-order valence-corrected chi connectivity index (χ3v) is 5.68. The van der Waals surface area contributed by atoms with E-state index in [0.29, 0.717) is 3.39 Å². The smallest absolute Gasteiger partial charge is 0.312 e. The largest absolute Gasteiger partial charge is 0.481 e. The van der Waals surface area contributed by atoms with Gasteiger partial charge in [0.2, 0.25) is 0 Å². The molecular weight excluding hydrogens is 470 g/mol. The van der Waals surface area contributed by atoms with Crippen LogP contribution >= 0.6 is 31.9 Å². The number of allylic oxidation sites excluding steroid dienone is 1. The number of aromatic nitrogens is 1. The van der Waals surface area contributed by atoms with E-state index in [9.17, 15) is 25.3 Å². The molecule has 1 aromatic rings. The molecule has 0 unspecified atom stereocenters. The van der Waals surface area contributed by atoms with Crippen LogP contribution in [-0.2, 0) is 11.3 Å². The summed E-state index contributed by atoms with van der Waals surface area (Å²) in [5.41, 5.74) is -2.53. The molecule has 0 amide bonds. The fraction of sp³-hybridized carbons (Fsp3) is 0.412. The minimum absolute atomic E-state index is 0.0600. The highest BCUT2D eigenvalue weighted by molar-refractivity contribution is 9.28. The van der Waals surface area contributed by atoms with E-state index in [2.05, 4.69) is 37.8 Å². The second-order valence-electron chi connectivity index (χ2n) is 6.62. The third-order valence-electron chi connectivity index (χ3n) is 5.15. The number of carboxylic acids is 1. The summed E-state index contributed by atoms with van der Waals surface area (Å²) in [5, 5.41) is 31.3. The lowest BCUT2D eigenvalue weighted by molar-refractivity contribution is -0.385. The molecule has 1 saturated carbocycles. The second kappa shape index (κ2) is 6.90. The van der Waals surface area contributed by atoms with Gasteiger partial charge in [0.05, 0.1) is 38.6 Å². The van der Waals surface area contributed by atoms with E-state index in [-0.39, 0.29) is 17.8 Å². The van der Waals surface area contributed by atoms with E-state index in [1.807, 2.05) is 6.07 Å². The van der Waals surface area contributed by atoms with Gasteiger partial charge in [-0.05, 0) is 37.3 Å². The van der Waals surface area contributed by atoms with Gasteiger partial charge in [-0.25, -0.2) is 0 Å². The Bertz CT molecular complexity index is 887. The molecule has 1 aliphatic rings. The highest BCUT2D eigenvalue weighted by Crippen LogP contribution is 2.75. The normalized spacial score (nSPS) is 24.0. The van der Waals surface area contributed by atoms with E-state index in [0.717, 1.165) is 0 Å². The van der Waals surface area contributed by atoms with Crippen LogP contribution in [0.15, 0.2) is 21.9 Å². The van der Waals surface area contributed by atoms with Crippen molar-refractivity contribution in [1.82, 2.24) is 4.57 Å². The number of aliphatic carboxylic acids is 1. The molecule has 7 nitrogen and oxygen atoms in total. The Hall–Kier alpha value is -2.10. The van der Waals surface area contributed by atoms with E-state index in [4.69, 9.17) is 6.42 Å². The number of terminal acetylenes is 1. The highest BCUT2D eigenvalue weighted by atomic mass is 79.9. The van der Waals surface area contributed by atoms with Crippen molar-refractivity contribution in [3.8, 4) is 18.4 Å². The van der Waals surface area contributed by atoms with Gasteiger partial charge < -0.3 is 9.67 Å². The molecule has 2 rings (SSSR count). The quantitative estimate of drug-likeness (QED) is 0.373. The summed E-state index contributed by atoms with van der Waals surface area (Å²) in [6.45, 7) is 3.55. The number of halogens is 2. The van der Waals surface area contributed by atoms with Gasteiger partial charge in [0, 0.05) is 12.1 Å². The molecule has 1 heterocycles. The highest BCUT2D eigenvalue weighted by Gasteiger charge is 2.79. The van der Waals surface area contributed by atoms with Crippen LogP contribution in [0.1, 0.15) is 25.3 Å². The zero-order valence-corrected chi connectivity index (χ0v) is 17.1. The van der Waals surface area contributed by atoms with Crippen LogP contribution in [0.2, 0.25) is 0 Å². The number of rotatable bonds is 6. The first-order valence-electron chi connectivity index (χ1n) is 7.49. The fourth-order valence-corrected chi connectivity index (χ4v) is 4.42. The molecule has 136 valence electrons. The number of nitrogens with zero attached hydrogens (tertiary/aromatic N) is 3. The zero-order chi connectivity index (χ0) is 19.9. The minimum Gasteiger partial charge on any atom is -0.481 e. The maximum atomic E-state index is 12.3. The Labute approximate surface area is 167 Å². The lowest BCUT2D eigenvalue weighted by Crippen LogP contribution is -2.29. The zero-order valence-electron chi connectivity index (χ0n) is 13.9. The molecular formula is C17H15Br2N3O4. The standard InChI is InChI=1S/C17H15Br2N3O4/c1-4-5-21-8-10(12(9-21)22(25)26)11(7-20)17(15(23)24)13(6-14(18)19)16(17,2)3/h1,6,8-9,11,13H,5H2,2-3H3,(H,23,24)/t11-,13-,17+/m0/s1. The van der Waals surface area contributed by atoms with Gasteiger partial charge in [-0.15, -0.1) is 6.42 Å². The van der Waals surface area contributed by atoms with E-state index in [1.54, 1.807) is 19.9 Å². The van der Waals surface area contributed by atoms with Crippen LogP contribution in [0.25, 0.3) is 0 Å². The molecule has 1 aromatic heterocycles. The first kappa shape index (κ1) is 20.2. The van der Waals surface area contributed by atoms with Crippen LogP contribution in [0.4, 0.5) is 5.69 Å². The molecule has 0 saturated heterocycles. The van der Waals surface area contributed by atoms with Gasteiger partial charge in [-0.3, -0.25) is 14.9 Å². The predicted octanol–water partition coefficient (Wildman–Crippen LogP) is 3.99. The topological polar surface area (TPSA) is 109 Å². The molecule has 1 N–H and O–H groups in total. The summed E-state index contributed by atoms with van der Waals surface area (Å²) < 4.78 is 1.97. The average Bonchev–Trinajstić information content (AvgIpc) is 2.83. The number of nitriles is 1. The predicted molar refractivity (Wildman–Crippen MR) is 102 cm³/mol. The summed E-state index contributed by atoms with van der Waals surface area (Å²) in [5.74, 6) is -0.514. The van der Waals surface area contributed by atoms with Crippen LogP contribution in [-0.4, -0.2) is 20.6 Å². The Morgan fingerprint density at radius 1 is 1.58 bits per heavy atom. The number of carbonyl (C=O) groups is 1. The summed E-state index contributed by atoms with van der Waals surface area (Å²) in [6, 6.07) is 2.00. The fourth-order valence-electron chi connectivity index (χ4n) is 3.89. The lowest BCUT2D eigenvalue weighted by Gasteiger charge is -2.20. The van der Waals surface area contributed by atoms with Crippen LogP contribution in [0.3, 0.4) is 0 Å². The minimum atomic E-state index is -1.50. The Morgan fingerprint density at radius 3 is 2.62 bits per heavy atom. The van der Waals surface area contributed by atoms with Gasteiger partial charge in [-0.1, -0.05) is 25.8 Å². The third kappa shape index (κ3) is 2.85. The number of carboxylic acid groups (broad SMARTS) is 1. The second-order valence-corrected chi connectivity index (χ2v) is 9.40. The van der Waals surface area contributed by atoms with Gasteiger partial charge in [0.15, 0.2) is 0 Å². The monoisotopic (exact) mass is 483 g/mol. The van der Waals surface area contributed by atoms with Crippen molar-refractivity contribution in [3.63, 3.8) is 0 Å². The molecule has 1 fully saturated rings. The van der Waals surface area contributed by atoms with E-state index < -0.39 is 33.6 Å². The molecule has 0 radical (unpaired) electrons. The molecule has 0 aliphatic heterocycles. The van der Waals surface area contributed by atoms with Gasteiger partial charge in [-0.2, -0.15) is 5.26 Å². The summed E-state index contributed by atoms with van der Waals surface area (Å²) >= 11 is 6.45. The summed E-state index contributed by atoms with van der Waals surface area (Å²) in [4.78, 5) is 23.1. The Morgan fingerprint density at radius 2 is 2.19 bits per heavy atom. The van der Waals surface area contributed by atoms with Crippen molar-refractivity contribution in [1.29, 1.82) is 5.26 Å². The maximum absolute atomic E-state index is 12.3. The number of hydrogen-bond acceptors (Lipinski definition) is 4. The van der Waals surface area contributed by atoms with Crippen molar-refractivity contribution < 1.29 is 14.8 Å². The number of nitro groups is 1. The van der Waals surface area contributed by atoms with E-state index >= 15 is 0 Å². The van der Waals surface area contributed by atoms with Crippen molar-refractivity contribution in [2.75, 3.05) is 0 Å². The first-order valence-corrected chi connectivity index (χ1v) is 9.07. The SMILES string of the molecule is C#CCn1cc([C@H](C#N)[C@]2(C(=O)O)[C@@H](C=C(Br)Br)C2(C)C)c([N+](=O)[O-])c1. The maximum Gasteiger partial charge on any atom is 0.312 e. The summed E-state index contributed by atoms with van der Waals surface area (Å²) in [6.07, 6.45) is 9.55. The van der Waals surface area contributed by atoms with Crippen molar-refractivity contribution in [2.45, 2.75) is 26.3 Å². The molecule has 1 aliphatic carbocycles. The van der Waals surface area contributed by atoms with Gasteiger partial charge in [0.1, 0.15) is 5.41 Å². The van der Waals surface area contributed by atoms with Crippen molar-refractivity contribution in [2.24, 2.45) is 16.7 Å². The average molecular weight is 485 g/mol. The van der Waals surface area contributed by atoms with Crippen molar-refractivity contribution >= 4 is 43.5 Å². The summed E-state index contributed by atoms with van der Waals surface area (Å²) in [7, 11) is 0. The molecule has 0 aromatic carbocycles. The number of hydrogen-bond donors (Lipinski definition) is 1. The van der Waals surface area contributed by atoms with Gasteiger partial charge >= 0.3 is 5.97 Å². The first-order chi connectivity index (χ1) is 12.0. The van der Waals surface area contributed by atoms with Crippen molar-refractivity contribution in [3.05, 3.63) is 37.5 Å². The van der Waals surface area contributed by atoms with Crippen LogP contribution in [0, 0.1) is 50.5 Å². The van der Waals surface area contributed by atoms with E-state index in [1.165, 1.54) is 17.0 Å². The molecule has 9 heteroatoms. The van der Waals surface area contributed by atoms with Crippen LogP contribution in [0.5, 0.6) is 0 Å². The lowest BCUT2D eigenvalue weighted by atomic mass is 9.79.